The van der Waals surface area contributed by atoms with Crippen LogP contribution in [0.2, 0.25) is 0 Å². The van der Waals surface area contributed by atoms with Crippen LogP contribution in [0.5, 0.6) is 0 Å². The van der Waals surface area contributed by atoms with Crippen molar-refractivity contribution in [2.45, 2.75) is 12.8 Å². The van der Waals surface area contributed by atoms with Crippen molar-refractivity contribution in [3.8, 4) is 28.9 Å². The minimum Gasteiger partial charge on any atom is -0.414 e. The molecule has 3 heterocycles. The van der Waals surface area contributed by atoms with Crippen molar-refractivity contribution in [1.82, 2.24) is 20.2 Å². The number of rotatable bonds is 3. The highest BCUT2D eigenvalue weighted by molar-refractivity contribution is 5.72. The maximum atomic E-state index is 9.28. The number of nitrogens with one attached hydrogen (secondary N) is 1. The molecule has 0 saturated carbocycles. The van der Waals surface area contributed by atoms with Gasteiger partial charge in [-0.25, -0.2) is 15.0 Å². The first-order valence-electron chi connectivity index (χ1n) is 8.00. The van der Waals surface area contributed by atoms with E-state index in [2.05, 4.69) is 37.3 Å². The van der Waals surface area contributed by atoms with E-state index in [1.54, 1.807) is 18.5 Å². The summed E-state index contributed by atoms with van der Waals surface area (Å²) in [6.45, 7) is 0. The molecule has 8 nitrogen and oxygen atoms in total. The smallest absolute Gasteiger partial charge is 0.270 e. The Hall–Kier alpha value is -3.86. The number of nitrogens with zero attached hydrogens (tertiary/aromatic N) is 5. The molecule has 0 aromatic carbocycles. The lowest BCUT2D eigenvalue weighted by atomic mass is 10.1. The van der Waals surface area contributed by atoms with E-state index < -0.39 is 0 Å². The number of anilines is 1. The van der Waals surface area contributed by atoms with Crippen LogP contribution in [-0.2, 0) is 0 Å². The lowest BCUT2D eigenvalue weighted by Gasteiger charge is -2.04. The average molecular weight is 344 g/mol. The third-order valence-electron chi connectivity index (χ3n) is 3.93. The van der Waals surface area contributed by atoms with E-state index >= 15 is 0 Å². The highest BCUT2D eigenvalue weighted by Gasteiger charge is 2.19. The molecule has 1 aliphatic rings. The van der Waals surface area contributed by atoms with Crippen molar-refractivity contribution < 1.29 is 9.40 Å². The predicted octanol–water partition coefficient (Wildman–Crippen LogP) is 2.19. The molecule has 26 heavy (non-hydrogen) atoms. The molecule has 0 amide bonds. The van der Waals surface area contributed by atoms with Gasteiger partial charge in [0, 0.05) is 11.6 Å². The molecule has 126 valence electrons. The Labute approximate surface area is 148 Å². The number of H-pyrrole nitrogens is 1. The fourth-order valence-corrected chi connectivity index (χ4v) is 2.63. The van der Waals surface area contributed by atoms with E-state index in [-0.39, 0.29) is 17.4 Å². The van der Waals surface area contributed by atoms with Gasteiger partial charge in [0.25, 0.3) is 5.89 Å². The summed E-state index contributed by atoms with van der Waals surface area (Å²) in [7, 11) is 0. The number of nitrogen functional groups attached to an aromatic ring is 1. The number of hydrogen-bond acceptors (Lipinski definition) is 7. The molecule has 1 aliphatic carbocycles. The number of pyridine rings is 1. The summed E-state index contributed by atoms with van der Waals surface area (Å²) >= 11 is 0. The van der Waals surface area contributed by atoms with Gasteiger partial charge in [-0.2, -0.15) is 5.26 Å². The zero-order valence-electron chi connectivity index (χ0n) is 13.7. The van der Waals surface area contributed by atoms with Crippen LogP contribution in [0.1, 0.15) is 24.3 Å². The molecule has 0 bridgehead atoms. The van der Waals surface area contributed by atoms with Crippen LogP contribution in [0.3, 0.4) is 0 Å². The van der Waals surface area contributed by atoms with Crippen molar-refractivity contribution in [1.29, 1.82) is 5.26 Å². The molecule has 3 aromatic heterocycles. The molecule has 0 aliphatic heterocycles. The topological polar surface area (TPSA) is 129 Å². The second-order valence-corrected chi connectivity index (χ2v) is 5.62. The molecule has 4 rings (SSSR count). The molecule has 0 radical (unpaired) electrons. The monoisotopic (exact) mass is 344 g/mol. The van der Waals surface area contributed by atoms with Crippen LogP contribution < -0.4 is 10.7 Å². The Morgan fingerprint density at radius 2 is 2.12 bits per heavy atom. The quantitative estimate of drug-likeness (QED) is 0.771. The van der Waals surface area contributed by atoms with Crippen molar-refractivity contribution in [3.63, 3.8) is 0 Å². The Morgan fingerprint density at radius 1 is 1.23 bits per heavy atom. The van der Waals surface area contributed by atoms with Gasteiger partial charge in [-0.1, -0.05) is 18.2 Å². The average Bonchev–Trinajstić information content (AvgIpc) is 3.19. The third kappa shape index (κ3) is 2.82. The molecule has 0 fully saturated rings. The summed E-state index contributed by atoms with van der Waals surface area (Å²) in [5, 5.41) is 17.4. The minimum atomic E-state index is 0.176. The zero-order valence-corrected chi connectivity index (χ0v) is 13.7. The van der Waals surface area contributed by atoms with Gasteiger partial charge >= 0.3 is 0 Å². The predicted molar refractivity (Wildman–Crippen MR) is 92.8 cm³/mol. The van der Waals surface area contributed by atoms with Crippen LogP contribution in [0.25, 0.3) is 28.4 Å². The summed E-state index contributed by atoms with van der Waals surface area (Å²) in [4.78, 5) is 11.6. The van der Waals surface area contributed by atoms with Gasteiger partial charge in [-0.15, -0.1) is 10.2 Å². The highest BCUT2D eigenvalue weighted by atomic mass is 16.4. The Bertz CT molecular complexity index is 1080. The van der Waals surface area contributed by atoms with Gasteiger partial charge in [-0.05, 0) is 12.8 Å². The molecule has 3 N–H and O–H groups in total. The number of nitriles is 1. The van der Waals surface area contributed by atoms with Crippen LogP contribution in [0.15, 0.2) is 47.3 Å². The fourth-order valence-electron chi connectivity index (χ4n) is 2.63. The van der Waals surface area contributed by atoms with Gasteiger partial charge in [0.15, 0.2) is 23.9 Å². The molecule has 0 spiro atoms. The van der Waals surface area contributed by atoms with Gasteiger partial charge in [0.2, 0.25) is 5.89 Å². The number of allylic oxidation sites excluding steroid dienone is 4. The van der Waals surface area contributed by atoms with Crippen LogP contribution in [-0.4, -0.2) is 20.2 Å². The zero-order chi connectivity index (χ0) is 17.9. The van der Waals surface area contributed by atoms with Crippen molar-refractivity contribution >= 4 is 11.4 Å². The van der Waals surface area contributed by atoms with Crippen molar-refractivity contribution in [2.24, 2.45) is 0 Å². The van der Waals surface area contributed by atoms with Gasteiger partial charge in [0.05, 0.1) is 23.0 Å². The second-order valence-electron chi connectivity index (χ2n) is 5.62. The third-order valence-corrected chi connectivity index (χ3v) is 3.93. The summed E-state index contributed by atoms with van der Waals surface area (Å²) in [6.07, 6.45) is 12.8. The molecular formula is C18H14N7O+. The normalized spacial score (nSPS) is 13.3. The van der Waals surface area contributed by atoms with E-state index in [0.29, 0.717) is 22.7 Å². The summed E-state index contributed by atoms with van der Waals surface area (Å²) in [5.74, 6) is 0.772. The standard InChI is InChI=1S/C18H13N7O/c19-8-12-6-7-21-9-13(12)14-10-22-16(20)15(23-14)18-25-24-17(26-18)11-4-2-1-3-5-11/h2,4-7,9-10H,1,3H2,(H2,20,22)/p+1. The van der Waals surface area contributed by atoms with Gasteiger partial charge in [-0.3, -0.25) is 0 Å². The molecule has 0 unspecified atom stereocenters. The highest BCUT2D eigenvalue weighted by Crippen LogP contribution is 2.28. The first kappa shape index (κ1) is 15.7. The number of aromatic nitrogens is 5. The van der Waals surface area contributed by atoms with E-state index in [1.807, 2.05) is 12.2 Å². The van der Waals surface area contributed by atoms with E-state index in [9.17, 15) is 5.26 Å². The van der Waals surface area contributed by atoms with E-state index in [4.69, 9.17) is 10.2 Å². The summed E-state index contributed by atoms with van der Waals surface area (Å²) in [6, 6.07) is 3.80. The molecule has 3 aromatic rings. The van der Waals surface area contributed by atoms with Gasteiger partial charge in [0.1, 0.15) is 6.07 Å². The number of hydrogen-bond donors (Lipinski definition) is 1. The molecule has 8 heteroatoms. The first-order valence-corrected chi connectivity index (χ1v) is 8.00. The summed E-state index contributed by atoms with van der Waals surface area (Å²) in [5.41, 5.74) is 8.69. The lowest BCUT2D eigenvalue weighted by molar-refractivity contribution is -0.377. The SMILES string of the molecule is N#Cc1cc[nH+]cc1-c1cnc(N)c(-c2nnc(C3=CCCC=C3)o2)n1. The fraction of sp³-hybridized carbons (Fsp3) is 0.111. The molecule has 0 saturated heterocycles. The molecular weight excluding hydrogens is 330 g/mol. The minimum absolute atomic E-state index is 0.176. The van der Waals surface area contributed by atoms with Gasteiger partial charge < -0.3 is 10.2 Å². The Morgan fingerprint density at radius 3 is 2.92 bits per heavy atom. The van der Waals surface area contributed by atoms with Crippen LogP contribution >= 0.6 is 0 Å². The van der Waals surface area contributed by atoms with Crippen molar-refractivity contribution in [3.05, 3.63) is 54.3 Å². The first-order chi connectivity index (χ1) is 12.8. The second kappa shape index (κ2) is 6.57. The maximum Gasteiger partial charge on any atom is 0.270 e. The van der Waals surface area contributed by atoms with E-state index in [1.165, 1.54) is 6.20 Å². The Kier molecular flexibility index (Phi) is 3.95. The maximum absolute atomic E-state index is 9.28. The number of aromatic amines is 1. The van der Waals surface area contributed by atoms with Crippen LogP contribution in [0, 0.1) is 11.3 Å². The molecule has 0 atom stereocenters. The van der Waals surface area contributed by atoms with Crippen LogP contribution in [0.4, 0.5) is 5.82 Å². The lowest BCUT2D eigenvalue weighted by Crippen LogP contribution is -2.04. The summed E-state index contributed by atoms with van der Waals surface area (Å²) < 4.78 is 5.74. The number of nitrogens with two attached hydrogens (primary N) is 1. The largest absolute Gasteiger partial charge is 0.414 e. The van der Waals surface area contributed by atoms with E-state index in [0.717, 1.165) is 18.4 Å². The Balaban J connectivity index is 1.76. The van der Waals surface area contributed by atoms with Crippen molar-refractivity contribution in [2.75, 3.05) is 5.73 Å².